The van der Waals surface area contributed by atoms with E-state index >= 15 is 0 Å². The minimum Gasteiger partial charge on any atom is -0.307 e. The Morgan fingerprint density at radius 2 is 2.47 bits per heavy atom. The van der Waals surface area contributed by atoms with Crippen LogP contribution in [0.5, 0.6) is 0 Å². The number of thiazole rings is 1. The van der Waals surface area contributed by atoms with Crippen LogP contribution in [0.15, 0.2) is 5.38 Å². The molecule has 84 valence electrons. The predicted molar refractivity (Wildman–Crippen MR) is 60.7 cm³/mol. The normalized spacial score (nSPS) is 24.5. The Balaban J connectivity index is 1.85. The summed E-state index contributed by atoms with van der Waals surface area (Å²) in [6, 6.07) is 0.110. The molecule has 1 N–H and O–H groups in total. The molecule has 0 radical (unpaired) electrons. The summed E-state index contributed by atoms with van der Waals surface area (Å²) >= 11 is 1.61. The molecule has 4 nitrogen and oxygen atoms in total. The first-order chi connectivity index (χ1) is 7.05. The highest BCUT2D eigenvalue weighted by atomic mass is 32.2. The second kappa shape index (κ2) is 4.19. The molecule has 1 aliphatic rings. The van der Waals surface area contributed by atoms with Gasteiger partial charge in [0.15, 0.2) is 9.84 Å². The summed E-state index contributed by atoms with van der Waals surface area (Å²) in [6.45, 7) is 2.64. The zero-order chi connectivity index (χ0) is 10.9. The fourth-order valence-corrected chi connectivity index (χ4v) is 4.10. The maximum atomic E-state index is 11.2. The quantitative estimate of drug-likeness (QED) is 0.854. The van der Waals surface area contributed by atoms with E-state index in [0.29, 0.717) is 12.3 Å². The molecule has 1 saturated heterocycles. The lowest BCUT2D eigenvalue weighted by molar-refractivity contribution is 0.552. The zero-order valence-corrected chi connectivity index (χ0v) is 10.2. The molecule has 0 saturated carbocycles. The highest BCUT2D eigenvalue weighted by molar-refractivity contribution is 7.91. The van der Waals surface area contributed by atoms with Crippen molar-refractivity contribution in [2.45, 2.75) is 25.9 Å². The summed E-state index contributed by atoms with van der Waals surface area (Å²) in [7, 11) is -2.77. The molecule has 1 atom stereocenters. The average molecular weight is 246 g/mol. The molecule has 0 amide bonds. The summed E-state index contributed by atoms with van der Waals surface area (Å²) in [5.41, 5.74) is 1.02. The Labute approximate surface area is 93.7 Å². The molecular formula is C9H14N2O2S2. The average Bonchev–Trinajstić information content (AvgIpc) is 2.69. The third-order valence-corrected chi connectivity index (χ3v) is 5.18. The molecule has 1 aromatic heterocycles. The van der Waals surface area contributed by atoms with E-state index in [4.69, 9.17) is 0 Å². The van der Waals surface area contributed by atoms with E-state index < -0.39 is 9.84 Å². The van der Waals surface area contributed by atoms with Crippen LogP contribution < -0.4 is 5.32 Å². The first-order valence-electron chi connectivity index (χ1n) is 4.90. The number of nitrogens with one attached hydrogen (secondary N) is 1. The van der Waals surface area contributed by atoms with Crippen molar-refractivity contribution in [1.29, 1.82) is 0 Å². The van der Waals surface area contributed by atoms with Gasteiger partial charge in [0.2, 0.25) is 0 Å². The van der Waals surface area contributed by atoms with E-state index in [-0.39, 0.29) is 11.8 Å². The van der Waals surface area contributed by atoms with Crippen LogP contribution in [0.4, 0.5) is 0 Å². The Morgan fingerprint density at radius 3 is 3.00 bits per heavy atom. The largest absolute Gasteiger partial charge is 0.307 e. The van der Waals surface area contributed by atoms with Gasteiger partial charge in [-0.2, -0.15) is 0 Å². The summed E-state index contributed by atoms with van der Waals surface area (Å²) < 4.78 is 22.4. The molecule has 0 aliphatic carbocycles. The van der Waals surface area contributed by atoms with Crippen molar-refractivity contribution in [3.63, 3.8) is 0 Å². The Kier molecular flexibility index (Phi) is 3.08. The number of sulfone groups is 1. The van der Waals surface area contributed by atoms with Crippen molar-refractivity contribution in [3.8, 4) is 0 Å². The molecule has 15 heavy (non-hydrogen) atoms. The minimum absolute atomic E-state index is 0.110. The topological polar surface area (TPSA) is 59.1 Å². The molecule has 6 heteroatoms. The number of hydrogen-bond acceptors (Lipinski definition) is 5. The van der Waals surface area contributed by atoms with Crippen LogP contribution in [0.1, 0.15) is 17.1 Å². The van der Waals surface area contributed by atoms with Crippen LogP contribution in [0.25, 0.3) is 0 Å². The Bertz CT molecular complexity index is 439. The van der Waals surface area contributed by atoms with Gasteiger partial charge in [-0.25, -0.2) is 13.4 Å². The van der Waals surface area contributed by atoms with Crippen molar-refractivity contribution in [2.75, 3.05) is 11.5 Å². The molecule has 1 aromatic rings. The minimum atomic E-state index is -2.77. The van der Waals surface area contributed by atoms with Gasteiger partial charge in [-0.3, -0.25) is 0 Å². The van der Waals surface area contributed by atoms with E-state index in [2.05, 4.69) is 10.3 Å². The standard InChI is InChI=1S/C9H14N2O2S2/c1-7-5-14-9(11-7)4-10-8-2-3-15(12,13)6-8/h5,8,10H,2-4,6H2,1H3. The fraction of sp³-hybridized carbons (Fsp3) is 0.667. The fourth-order valence-electron chi connectivity index (χ4n) is 1.67. The first-order valence-corrected chi connectivity index (χ1v) is 7.60. The maximum Gasteiger partial charge on any atom is 0.151 e. The van der Waals surface area contributed by atoms with Crippen molar-refractivity contribution in [3.05, 3.63) is 16.1 Å². The number of nitrogens with zero attached hydrogens (tertiary/aromatic N) is 1. The van der Waals surface area contributed by atoms with Gasteiger partial charge >= 0.3 is 0 Å². The molecule has 1 aliphatic heterocycles. The van der Waals surface area contributed by atoms with E-state index in [9.17, 15) is 8.42 Å². The van der Waals surface area contributed by atoms with Crippen LogP contribution in [0.3, 0.4) is 0 Å². The van der Waals surface area contributed by atoms with E-state index in [1.54, 1.807) is 11.3 Å². The number of aromatic nitrogens is 1. The summed E-state index contributed by atoms with van der Waals surface area (Å²) in [4.78, 5) is 4.31. The van der Waals surface area contributed by atoms with E-state index in [1.165, 1.54) is 0 Å². The molecular weight excluding hydrogens is 232 g/mol. The summed E-state index contributed by atoms with van der Waals surface area (Å²) in [5.74, 6) is 0.596. The lowest BCUT2D eigenvalue weighted by atomic mass is 10.3. The zero-order valence-electron chi connectivity index (χ0n) is 8.56. The van der Waals surface area contributed by atoms with Crippen molar-refractivity contribution in [2.24, 2.45) is 0 Å². The van der Waals surface area contributed by atoms with Crippen LogP contribution >= 0.6 is 11.3 Å². The third-order valence-electron chi connectivity index (χ3n) is 2.44. The Morgan fingerprint density at radius 1 is 1.67 bits per heavy atom. The van der Waals surface area contributed by atoms with Gasteiger partial charge in [-0.15, -0.1) is 11.3 Å². The molecule has 0 aromatic carbocycles. The highest BCUT2D eigenvalue weighted by Crippen LogP contribution is 2.13. The third kappa shape index (κ3) is 2.99. The van der Waals surface area contributed by atoms with Gasteiger partial charge in [-0.1, -0.05) is 0 Å². The van der Waals surface area contributed by atoms with Gasteiger partial charge in [0, 0.05) is 23.7 Å². The SMILES string of the molecule is Cc1csc(CNC2CCS(=O)(=O)C2)n1. The monoisotopic (exact) mass is 246 g/mol. The number of aryl methyl sites for hydroxylation is 1. The van der Waals surface area contributed by atoms with Crippen LogP contribution in [0.2, 0.25) is 0 Å². The van der Waals surface area contributed by atoms with E-state index in [0.717, 1.165) is 17.1 Å². The molecule has 0 bridgehead atoms. The van der Waals surface area contributed by atoms with Gasteiger partial charge in [-0.05, 0) is 13.3 Å². The molecule has 1 unspecified atom stereocenters. The molecule has 2 heterocycles. The van der Waals surface area contributed by atoms with Crippen LogP contribution in [-0.4, -0.2) is 30.9 Å². The summed E-state index contributed by atoms with van der Waals surface area (Å²) in [6.07, 6.45) is 0.729. The lowest BCUT2D eigenvalue weighted by Crippen LogP contribution is -2.29. The highest BCUT2D eigenvalue weighted by Gasteiger charge is 2.27. The lowest BCUT2D eigenvalue weighted by Gasteiger charge is -2.07. The summed E-state index contributed by atoms with van der Waals surface area (Å²) in [5, 5.41) is 6.26. The van der Waals surface area contributed by atoms with Gasteiger partial charge in [0.25, 0.3) is 0 Å². The smallest absolute Gasteiger partial charge is 0.151 e. The molecule has 1 fully saturated rings. The van der Waals surface area contributed by atoms with Gasteiger partial charge in [0.05, 0.1) is 11.5 Å². The predicted octanol–water partition coefficient (Wildman–Crippen LogP) is 0.728. The van der Waals surface area contributed by atoms with Crippen molar-refractivity contribution < 1.29 is 8.42 Å². The van der Waals surface area contributed by atoms with E-state index in [1.807, 2.05) is 12.3 Å². The number of hydrogen-bond donors (Lipinski definition) is 1. The van der Waals surface area contributed by atoms with Gasteiger partial charge < -0.3 is 5.32 Å². The second-order valence-corrected chi connectivity index (χ2v) is 7.03. The maximum absolute atomic E-state index is 11.2. The second-order valence-electron chi connectivity index (χ2n) is 3.86. The molecule has 0 spiro atoms. The Hall–Kier alpha value is -0.460. The van der Waals surface area contributed by atoms with Gasteiger partial charge in [0.1, 0.15) is 5.01 Å². The van der Waals surface area contributed by atoms with Crippen molar-refractivity contribution >= 4 is 21.2 Å². The van der Waals surface area contributed by atoms with Crippen LogP contribution in [0, 0.1) is 6.92 Å². The van der Waals surface area contributed by atoms with Crippen LogP contribution in [-0.2, 0) is 16.4 Å². The van der Waals surface area contributed by atoms with Crippen molar-refractivity contribution in [1.82, 2.24) is 10.3 Å². The molecule has 2 rings (SSSR count). The first kappa shape index (κ1) is 11.0. The number of rotatable bonds is 3.